The molecule has 0 spiro atoms. The molecule has 1 heterocycles. The summed E-state index contributed by atoms with van der Waals surface area (Å²) < 4.78 is 1.57. The Morgan fingerprint density at radius 1 is 1.00 bits per heavy atom. The molecule has 0 fully saturated rings. The summed E-state index contributed by atoms with van der Waals surface area (Å²) in [5, 5.41) is 8.77. The van der Waals surface area contributed by atoms with Gasteiger partial charge in [0.05, 0.1) is 22.5 Å². The fraction of sp³-hybridized carbons (Fsp3) is 0.111. The summed E-state index contributed by atoms with van der Waals surface area (Å²) in [6.07, 6.45) is 3.68. The van der Waals surface area contributed by atoms with Gasteiger partial charge in [0.25, 0.3) is 5.91 Å². The summed E-state index contributed by atoms with van der Waals surface area (Å²) in [6, 6.07) is 12.6. The van der Waals surface area contributed by atoms with E-state index in [1.807, 2.05) is 18.2 Å². The fourth-order valence-corrected chi connectivity index (χ4v) is 3.19. The molecule has 0 radical (unpaired) electrons. The van der Waals surface area contributed by atoms with E-state index in [1.165, 1.54) is 6.20 Å². The largest absolute Gasteiger partial charge is 0.352 e. The zero-order valence-corrected chi connectivity index (χ0v) is 15.3. The van der Waals surface area contributed by atoms with E-state index in [1.54, 1.807) is 35.1 Å². The van der Waals surface area contributed by atoms with E-state index in [-0.39, 0.29) is 5.91 Å². The van der Waals surface area contributed by atoms with Crippen LogP contribution in [0.15, 0.2) is 54.9 Å². The minimum absolute atomic E-state index is 0.221. The third kappa shape index (κ3) is 4.15. The molecule has 0 saturated heterocycles. The van der Waals surface area contributed by atoms with Gasteiger partial charge >= 0.3 is 0 Å². The molecule has 0 aliphatic rings. The highest BCUT2D eigenvalue weighted by Crippen LogP contribution is 2.24. The number of aromatic nitrogens is 2. The standard InChI is InChI=1S/C18H14Cl3N3O/c19-14-5-3-6-15(20)13(14)8-9-22-18(25)12-10-23-24(11-12)17-7-2-1-4-16(17)21/h1-7,10-11H,8-9H2,(H,22,25). The summed E-state index contributed by atoms with van der Waals surface area (Å²) in [6.45, 7) is 0.416. The van der Waals surface area contributed by atoms with Crippen LogP contribution in [0.5, 0.6) is 0 Å². The number of benzene rings is 2. The van der Waals surface area contributed by atoms with Crippen LogP contribution in [0.2, 0.25) is 15.1 Å². The number of amides is 1. The number of carbonyl (C=O) groups is 1. The van der Waals surface area contributed by atoms with E-state index < -0.39 is 0 Å². The van der Waals surface area contributed by atoms with Crippen molar-refractivity contribution in [3.8, 4) is 5.69 Å². The van der Waals surface area contributed by atoms with Gasteiger partial charge in [-0.25, -0.2) is 4.68 Å². The van der Waals surface area contributed by atoms with Crippen LogP contribution in [0.25, 0.3) is 5.69 Å². The van der Waals surface area contributed by atoms with Crippen LogP contribution in [-0.2, 0) is 6.42 Å². The lowest BCUT2D eigenvalue weighted by Crippen LogP contribution is -2.25. The van der Waals surface area contributed by atoms with Crippen LogP contribution < -0.4 is 5.32 Å². The molecular weight excluding hydrogens is 381 g/mol. The Hall–Kier alpha value is -2.01. The van der Waals surface area contributed by atoms with Gasteiger partial charge in [0.1, 0.15) is 0 Å². The van der Waals surface area contributed by atoms with Crippen LogP contribution in [0, 0.1) is 0 Å². The molecule has 0 atom stereocenters. The Morgan fingerprint density at radius 3 is 2.40 bits per heavy atom. The molecule has 3 aromatic rings. The molecule has 1 aromatic heterocycles. The number of rotatable bonds is 5. The maximum Gasteiger partial charge on any atom is 0.254 e. The van der Waals surface area contributed by atoms with E-state index in [2.05, 4.69) is 10.4 Å². The lowest BCUT2D eigenvalue weighted by atomic mass is 10.1. The number of nitrogens with zero attached hydrogens (tertiary/aromatic N) is 2. The second kappa shape index (κ2) is 7.91. The van der Waals surface area contributed by atoms with Crippen LogP contribution in [0.3, 0.4) is 0 Å². The highest BCUT2D eigenvalue weighted by molar-refractivity contribution is 6.36. The minimum Gasteiger partial charge on any atom is -0.352 e. The first-order valence-electron chi connectivity index (χ1n) is 7.57. The van der Waals surface area contributed by atoms with E-state index in [0.29, 0.717) is 39.3 Å². The van der Waals surface area contributed by atoms with E-state index >= 15 is 0 Å². The molecule has 7 heteroatoms. The van der Waals surface area contributed by atoms with Gasteiger partial charge in [-0.2, -0.15) is 5.10 Å². The van der Waals surface area contributed by atoms with Crippen molar-refractivity contribution in [2.45, 2.75) is 6.42 Å². The molecule has 4 nitrogen and oxygen atoms in total. The van der Waals surface area contributed by atoms with Crippen molar-refractivity contribution < 1.29 is 4.79 Å². The normalized spacial score (nSPS) is 10.7. The fourth-order valence-electron chi connectivity index (χ4n) is 2.38. The quantitative estimate of drug-likeness (QED) is 0.675. The van der Waals surface area contributed by atoms with Crippen molar-refractivity contribution in [3.63, 3.8) is 0 Å². The number of hydrogen-bond donors (Lipinski definition) is 1. The zero-order chi connectivity index (χ0) is 17.8. The predicted molar refractivity (Wildman–Crippen MR) is 101 cm³/mol. The van der Waals surface area contributed by atoms with Gasteiger partial charge in [-0.15, -0.1) is 0 Å². The Balaban J connectivity index is 1.64. The first kappa shape index (κ1) is 17.8. The minimum atomic E-state index is -0.221. The number of halogens is 3. The summed E-state index contributed by atoms with van der Waals surface area (Å²) in [5.74, 6) is -0.221. The Bertz CT molecular complexity index is 888. The Labute approximate surface area is 160 Å². The highest BCUT2D eigenvalue weighted by Gasteiger charge is 2.11. The van der Waals surface area contributed by atoms with Gasteiger partial charge in [0, 0.05) is 22.8 Å². The summed E-state index contributed by atoms with van der Waals surface area (Å²) in [5.41, 5.74) is 1.98. The first-order valence-corrected chi connectivity index (χ1v) is 8.70. The van der Waals surface area contributed by atoms with Crippen LogP contribution in [0.4, 0.5) is 0 Å². The Morgan fingerprint density at radius 2 is 1.68 bits per heavy atom. The van der Waals surface area contributed by atoms with Crippen LogP contribution in [-0.4, -0.2) is 22.2 Å². The van der Waals surface area contributed by atoms with Gasteiger partial charge in [0.2, 0.25) is 0 Å². The molecule has 3 rings (SSSR count). The molecule has 0 unspecified atom stereocenters. The number of para-hydroxylation sites is 1. The van der Waals surface area contributed by atoms with Gasteiger partial charge in [0.15, 0.2) is 0 Å². The third-order valence-corrected chi connectivity index (χ3v) is 4.69. The molecule has 25 heavy (non-hydrogen) atoms. The number of nitrogens with one attached hydrogen (secondary N) is 1. The average molecular weight is 395 g/mol. The average Bonchev–Trinajstić information content (AvgIpc) is 3.08. The monoisotopic (exact) mass is 393 g/mol. The summed E-state index contributed by atoms with van der Waals surface area (Å²) in [7, 11) is 0. The highest BCUT2D eigenvalue weighted by atomic mass is 35.5. The lowest BCUT2D eigenvalue weighted by Gasteiger charge is -2.07. The molecule has 0 aliphatic heterocycles. The van der Waals surface area contributed by atoms with Crippen LogP contribution >= 0.6 is 34.8 Å². The summed E-state index contributed by atoms with van der Waals surface area (Å²) in [4.78, 5) is 12.3. The smallest absolute Gasteiger partial charge is 0.254 e. The first-order chi connectivity index (χ1) is 12.1. The number of hydrogen-bond acceptors (Lipinski definition) is 2. The molecule has 2 aromatic carbocycles. The maximum atomic E-state index is 12.3. The molecule has 0 aliphatic carbocycles. The van der Waals surface area contributed by atoms with Gasteiger partial charge in [-0.3, -0.25) is 4.79 Å². The molecule has 128 valence electrons. The van der Waals surface area contributed by atoms with Crippen molar-refractivity contribution in [2.75, 3.05) is 6.54 Å². The van der Waals surface area contributed by atoms with Gasteiger partial charge in [-0.1, -0.05) is 53.0 Å². The molecule has 1 amide bonds. The van der Waals surface area contributed by atoms with Crippen LogP contribution in [0.1, 0.15) is 15.9 Å². The van der Waals surface area contributed by atoms with E-state index in [9.17, 15) is 4.79 Å². The molecule has 0 bridgehead atoms. The maximum absolute atomic E-state index is 12.3. The Kier molecular flexibility index (Phi) is 5.63. The third-order valence-electron chi connectivity index (χ3n) is 3.67. The van der Waals surface area contributed by atoms with Crippen molar-refractivity contribution in [1.82, 2.24) is 15.1 Å². The van der Waals surface area contributed by atoms with Gasteiger partial charge < -0.3 is 5.32 Å². The second-order valence-electron chi connectivity index (χ2n) is 5.33. The van der Waals surface area contributed by atoms with E-state index in [4.69, 9.17) is 34.8 Å². The SMILES string of the molecule is O=C(NCCc1c(Cl)cccc1Cl)c1cnn(-c2ccccc2Cl)c1. The van der Waals surface area contributed by atoms with E-state index in [0.717, 1.165) is 5.56 Å². The number of carbonyl (C=O) groups excluding carboxylic acids is 1. The zero-order valence-electron chi connectivity index (χ0n) is 13.0. The topological polar surface area (TPSA) is 46.9 Å². The molecule has 1 N–H and O–H groups in total. The van der Waals surface area contributed by atoms with Gasteiger partial charge in [-0.05, 0) is 36.2 Å². The summed E-state index contributed by atoms with van der Waals surface area (Å²) >= 11 is 18.4. The second-order valence-corrected chi connectivity index (χ2v) is 6.55. The van der Waals surface area contributed by atoms with Crippen molar-refractivity contribution >= 4 is 40.7 Å². The molecular formula is C18H14Cl3N3O. The van der Waals surface area contributed by atoms with Crippen molar-refractivity contribution in [1.29, 1.82) is 0 Å². The van der Waals surface area contributed by atoms with Crippen molar-refractivity contribution in [2.24, 2.45) is 0 Å². The predicted octanol–water partition coefficient (Wildman–Crippen LogP) is 4.81. The molecule has 0 saturated carbocycles. The lowest BCUT2D eigenvalue weighted by molar-refractivity contribution is 0.0954. The van der Waals surface area contributed by atoms with Crippen molar-refractivity contribution in [3.05, 3.63) is 81.1 Å².